The van der Waals surface area contributed by atoms with Gasteiger partial charge in [0, 0.05) is 12.0 Å². The molecule has 1 saturated heterocycles. The first-order valence-corrected chi connectivity index (χ1v) is 12.0. The number of nitrogens with one attached hydrogen (secondary N) is 1. The van der Waals surface area contributed by atoms with Gasteiger partial charge in [-0.05, 0) is 37.9 Å². The van der Waals surface area contributed by atoms with E-state index < -0.39 is 14.4 Å². The molecule has 6 heteroatoms. The molecule has 0 aromatic rings. The minimum absolute atomic E-state index is 0.0116. The summed E-state index contributed by atoms with van der Waals surface area (Å²) >= 11 is 0. The Hall–Kier alpha value is -0.903. The van der Waals surface area contributed by atoms with E-state index in [0.717, 1.165) is 19.3 Å². The predicted molar refractivity (Wildman–Crippen MR) is 95.6 cm³/mol. The van der Waals surface area contributed by atoms with Crippen molar-refractivity contribution in [3.8, 4) is 6.07 Å². The molecule has 2 fully saturated rings. The Kier molecular flexibility index (Phi) is 5.48. The molecule has 1 aliphatic heterocycles. The van der Waals surface area contributed by atoms with Crippen molar-refractivity contribution in [1.82, 2.24) is 5.32 Å². The Morgan fingerprint density at radius 2 is 2.00 bits per heavy atom. The van der Waals surface area contributed by atoms with Crippen LogP contribution in [0.2, 0.25) is 18.1 Å². The third-order valence-electron chi connectivity index (χ3n) is 6.32. The van der Waals surface area contributed by atoms with Crippen LogP contribution >= 0.6 is 0 Å². The van der Waals surface area contributed by atoms with E-state index >= 15 is 0 Å². The molecule has 0 spiro atoms. The van der Waals surface area contributed by atoms with E-state index in [-0.39, 0.29) is 40.8 Å². The van der Waals surface area contributed by atoms with Crippen molar-refractivity contribution in [3.63, 3.8) is 0 Å². The number of nitriles is 1. The molecule has 2 N–H and O–H groups in total. The molecule has 0 bridgehead atoms. The SMILES string of the molecule is C[C@@H](O[Si](C)(C)C(C)(C)C)[C@H]1C(=O)N[C@@H]1[C@@H]1CCC[C@H](C#N)[C@H]1O. The average Bonchev–Trinajstić information content (AvgIpc) is 2.43. The second-order valence-electron chi connectivity index (χ2n) is 8.96. The van der Waals surface area contributed by atoms with Crippen molar-refractivity contribution < 1.29 is 14.3 Å². The normalized spacial score (nSPS) is 35.6. The molecule has 1 heterocycles. The number of carbonyl (C=O) groups excluding carboxylic acids is 1. The third-order valence-corrected chi connectivity index (χ3v) is 10.9. The van der Waals surface area contributed by atoms with Gasteiger partial charge in [0.1, 0.15) is 0 Å². The number of amides is 1. The van der Waals surface area contributed by atoms with Crippen LogP contribution in [0.3, 0.4) is 0 Å². The summed E-state index contributed by atoms with van der Waals surface area (Å²) in [4.78, 5) is 12.2. The highest BCUT2D eigenvalue weighted by Gasteiger charge is 2.52. The van der Waals surface area contributed by atoms with Crippen LogP contribution in [-0.2, 0) is 9.22 Å². The summed E-state index contributed by atoms with van der Waals surface area (Å²) in [7, 11) is -1.95. The second-order valence-corrected chi connectivity index (χ2v) is 13.7. The standard InChI is InChI=1S/C18H32N2O3Si/c1-11(23-24(5,6)18(2,3)4)14-15(20-17(14)22)13-9-7-8-12(10-19)16(13)21/h11-16,21H,7-9H2,1-6H3,(H,20,22)/t11-,12-,13+,14-,15-,16-/m1/s1. The van der Waals surface area contributed by atoms with Gasteiger partial charge in [0.25, 0.3) is 0 Å². The van der Waals surface area contributed by atoms with Gasteiger partial charge in [-0.2, -0.15) is 5.26 Å². The summed E-state index contributed by atoms with van der Waals surface area (Å²) in [5.41, 5.74) is 0. The van der Waals surface area contributed by atoms with E-state index in [1.807, 2.05) is 6.92 Å². The van der Waals surface area contributed by atoms with Gasteiger partial charge in [0.05, 0.1) is 30.1 Å². The molecule has 2 aliphatic rings. The first-order valence-electron chi connectivity index (χ1n) is 9.05. The smallest absolute Gasteiger partial charge is 0.228 e. The summed E-state index contributed by atoms with van der Waals surface area (Å²) in [6, 6.07) is 2.13. The molecule has 24 heavy (non-hydrogen) atoms. The number of hydrogen-bond acceptors (Lipinski definition) is 4. The van der Waals surface area contributed by atoms with Gasteiger partial charge in [-0.3, -0.25) is 4.79 Å². The zero-order chi connectivity index (χ0) is 18.3. The highest BCUT2D eigenvalue weighted by Crippen LogP contribution is 2.41. The number of aliphatic hydroxyl groups is 1. The maximum absolute atomic E-state index is 12.2. The molecule has 136 valence electrons. The summed E-state index contributed by atoms with van der Waals surface area (Å²) in [5, 5.41) is 22.8. The average molecular weight is 353 g/mol. The first-order chi connectivity index (χ1) is 11.0. The highest BCUT2D eigenvalue weighted by atomic mass is 28.4. The minimum Gasteiger partial charge on any atom is -0.413 e. The van der Waals surface area contributed by atoms with Crippen LogP contribution in [-0.4, -0.2) is 37.6 Å². The molecule has 0 aromatic carbocycles. The number of rotatable bonds is 4. The topological polar surface area (TPSA) is 82.3 Å². The lowest BCUT2D eigenvalue weighted by molar-refractivity contribution is -0.146. The lowest BCUT2D eigenvalue weighted by Gasteiger charge is -2.50. The fourth-order valence-electron chi connectivity index (χ4n) is 3.76. The van der Waals surface area contributed by atoms with Crippen molar-refractivity contribution >= 4 is 14.2 Å². The number of nitrogens with zero attached hydrogens (tertiary/aromatic N) is 1. The Morgan fingerprint density at radius 3 is 2.50 bits per heavy atom. The van der Waals surface area contributed by atoms with Crippen LogP contribution in [0.15, 0.2) is 0 Å². The van der Waals surface area contributed by atoms with Gasteiger partial charge in [-0.1, -0.05) is 27.2 Å². The molecule has 1 saturated carbocycles. The van der Waals surface area contributed by atoms with Crippen LogP contribution in [0.4, 0.5) is 0 Å². The van der Waals surface area contributed by atoms with E-state index in [1.54, 1.807) is 0 Å². The zero-order valence-electron chi connectivity index (χ0n) is 15.8. The molecular weight excluding hydrogens is 320 g/mol. The number of hydrogen-bond donors (Lipinski definition) is 2. The molecule has 1 amide bonds. The third kappa shape index (κ3) is 3.53. The minimum atomic E-state index is -1.95. The Bertz CT molecular complexity index is 523. The summed E-state index contributed by atoms with van der Waals surface area (Å²) in [5.74, 6) is -0.580. The van der Waals surface area contributed by atoms with Crippen LogP contribution in [0.5, 0.6) is 0 Å². The van der Waals surface area contributed by atoms with Crippen molar-refractivity contribution in [2.24, 2.45) is 17.8 Å². The van der Waals surface area contributed by atoms with Crippen LogP contribution in [0.1, 0.15) is 47.0 Å². The molecule has 0 unspecified atom stereocenters. The number of β-lactam (4-membered cyclic amide) rings is 1. The monoisotopic (exact) mass is 352 g/mol. The number of aliphatic hydroxyl groups excluding tert-OH is 1. The van der Waals surface area contributed by atoms with Gasteiger partial charge >= 0.3 is 0 Å². The predicted octanol–water partition coefficient (Wildman–Crippen LogP) is 2.81. The lowest BCUT2D eigenvalue weighted by atomic mass is 9.68. The fourth-order valence-corrected chi connectivity index (χ4v) is 5.19. The molecule has 0 radical (unpaired) electrons. The zero-order valence-corrected chi connectivity index (χ0v) is 16.8. The van der Waals surface area contributed by atoms with E-state index in [9.17, 15) is 15.2 Å². The van der Waals surface area contributed by atoms with E-state index in [2.05, 4.69) is 45.3 Å². The maximum Gasteiger partial charge on any atom is 0.228 e. The largest absolute Gasteiger partial charge is 0.413 e. The summed E-state index contributed by atoms with van der Waals surface area (Å²) in [6.07, 6.45) is 1.70. The van der Waals surface area contributed by atoms with Crippen LogP contribution in [0, 0.1) is 29.1 Å². The molecule has 2 rings (SSSR count). The van der Waals surface area contributed by atoms with Crippen molar-refractivity contribution in [3.05, 3.63) is 0 Å². The van der Waals surface area contributed by atoms with E-state index in [1.165, 1.54) is 0 Å². The fraction of sp³-hybridized carbons (Fsp3) is 0.889. The van der Waals surface area contributed by atoms with Crippen molar-refractivity contribution in [2.75, 3.05) is 0 Å². The van der Waals surface area contributed by atoms with Crippen molar-refractivity contribution in [2.45, 2.75) is 83.3 Å². The van der Waals surface area contributed by atoms with E-state index in [0.29, 0.717) is 0 Å². The van der Waals surface area contributed by atoms with Gasteiger partial charge < -0.3 is 14.8 Å². The Morgan fingerprint density at radius 1 is 1.38 bits per heavy atom. The van der Waals surface area contributed by atoms with Gasteiger partial charge in [-0.25, -0.2) is 0 Å². The van der Waals surface area contributed by atoms with Crippen molar-refractivity contribution in [1.29, 1.82) is 5.26 Å². The molecule has 6 atom stereocenters. The first kappa shape index (κ1) is 19.4. The van der Waals surface area contributed by atoms with E-state index in [4.69, 9.17) is 4.43 Å². The van der Waals surface area contributed by atoms with Gasteiger partial charge in [0.2, 0.25) is 5.91 Å². The summed E-state index contributed by atoms with van der Waals surface area (Å²) in [6.45, 7) is 12.9. The Labute approximate surface area is 146 Å². The molecular formula is C18H32N2O3Si. The summed E-state index contributed by atoms with van der Waals surface area (Å²) < 4.78 is 6.42. The van der Waals surface area contributed by atoms with Crippen LogP contribution in [0.25, 0.3) is 0 Å². The molecule has 0 aromatic heterocycles. The number of carbonyl (C=O) groups is 1. The molecule has 1 aliphatic carbocycles. The maximum atomic E-state index is 12.2. The lowest BCUT2D eigenvalue weighted by Crippen LogP contribution is -2.68. The Balaban J connectivity index is 2.09. The molecule has 5 nitrogen and oxygen atoms in total. The highest BCUT2D eigenvalue weighted by molar-refractivity contribution is 6.74. The second kappa shape index (κ2) is 6.78. The quantitative estimate of drug-likeness (QED) is 0.602. The van der Waals surface area contributed by atoms with Crippen LogP contribution < -0.4 is 5.32 Å². The van der Waals surface area contributed by atoms with Gasteiger partial charge in [0.15, 0.2) is 8.32 Å². The van der Waals surface area contributed by atoms with Gasteiger partial charge in [-0.15, -0.1) is 0 Å².